The first kappa shape index (κ1) is 11.2. The number of hydrogen-bond donors (Lipinski definition) is 4. The Hall–Kier alpha value is -2.34. The molecule has 6 nitrogen and oxygen atoms in total. The van der Waals surface area contributed by atoms with Gasteiger partial charge in [-0.1, -0.05) is 12.1 Å². The SMILES string of the molecule is O=C(O)c1cc(-c2cccc(CO)c2O)n[nH]1. The Balaban J connectivity index is 2.49. The smallest absolute Gasteiger partial charge is 0.353 e. The first-order valence-electron chi connectivity index (χ1n) is 4.84. The Morgan fingerprint density at radius 2 is 2.18 bits per heavy atom. The van der Waals surface area contributed by atoms with Crippen LogP contribution in [0.15, 0.2) is 24.3 Å². The minimum atomic E-state index is -1.12. The number of nitrogens with one attached hydrogen (secondary N) is 1. The lowest BCUT2D eigenvalue weighted by Crippen LogP contribution is -1.95. The Morgan fingerprint density at radius 3 is 2.76 bits per heavy atom. The van der Waals surface area contributed by atoms with Gasteiger partial charge < -0.3 is 15.3 Å². The van der Waals surface area contributed by atoms with Crippen molar-refractivity contribution in [1.82, 2.24) is 10.2 Å². The fraction of sp³-hybridized carbons (Fsp3) is 0.0909. The van der Waals surface area contributed by atoms with E-state index < -0.39 is 5.97 Å². The van der Waals surface area contributed by atoms with E-state index in [9.17, 15) is 9.90 Å². The molecule has 0 amide bonds. The van der Waals surface area contributed by atoms with Crippen molar-refractivity contribution in [3.8, 4) is 17.0 Å². The van der Waals surface area contributed by atoms with Gasteiger partial charge in [0.15, 0.2) is 0 Å². The highest BCUT2D eigenvalue weighted by atomic mass is 16.4. The summed E-state index contributed by atoms with van der Waals surface area (Å²) < 4.78 is 0. The highest BCUT2D eigenvalue weighted by Crippen LogP contribution is 2.31. The Bertz CT molecular complexity index is 562. The van der Waals surface area contributed by atoms with Gasteiger partial charge in [0.05, 0.1) is 12.3 Å². The number of aromatic amines is 1. The molecule has 0 fully saturated rings. The standard InChI is InChI=1S/C11H10N2O4/c14-5-6-2-1-3-7(10(6)15)8-4-9(11(16)17)13-12-8/h1-4,14-15H,5H2,(H,12,13)(H,16,17). The van der Waals surface area contributed by atoms with Crippen LogP contribution in [0.4, 0.5) is 0 Å². The second-order valence-corrected chi connectivity index (χ2v) is 3.44. The van der Waals surface area contributed by atoms with E-state index in [1.54, 1.807) is 18.2 Å². The van der Waals surface area contributed by atoms with E-state index in [-0.39, 0.29) is 18.1 Å². The second kappa shape index (κ2) is 4.26. The third-order valence-corrected chi connectivity index (χ3v) is 2.37. The monoisotopic (exact) mass is 234 g/mol. The van der Waals surface area contributed by atoms with Crippen LogP contribution in [0.25, 0.3) is 11.3 Å². The number of phenols is 1. The fourth-order valence-corrected chi connectivity index (χ4v) is 1.49. The highest BCUT2D eigenvalue weighted by Gasteiger charge is 2.13. The lowest BCUT2D eigenvalue weighted by atomic mass is 10.1. The number of carboxylic acid groups (broad SMARTS) is 1. The van der Waals surface area contributed by atoms with Gasteiger partial charge in [0.2, 0.25) is 0 Å². The van der Waals surface area contributed by atoms with Gasteiger partial charge in [-0.15, -0.1) is 0 Å². The van der Waals surface area contributed by atoms with Crippen molar-refractivity contribution in [3.63, 3.8) is 0 Å². The Labute approximate surface area is 96.2 Å². The zero-order valence-electron chi connectivity index (χ0n) is 8.71. The number of para-hydroxylation sites is 1. The van der Waals surface area contributed by atoms with Gasteiger partial charge in [0.1, 0.15) is 11.4 Å². The zero-order chi connectivity index (χ0) is 12.4. The molecule has 0 aliphatic carbocycles. The molecule has 2 aromatic rings. The molecule has 1 aromatic heterocycles. The van der Waals surface area contributed by atoms with Crippen molar-refractivity contribution >= 4 is 5.97 Å². The molecule has 0 radical (unpaired) electrons. The molecule has 2 rings (SSSR count). The number of aromatic carboxylic acids is 1. The number of benzene rings is 1. The molecular formula is C11H10N2O4. The van der Waals surface area contributed by atoms with Crippen molar-refractivity contribution in [3.05, 3.63) is 35.5 Å². The number of aromatic nitrogens is 2. The molecule has 0 unspecified atom stereocenters. The van der Waals surface area contributed by atoms with Crippen LogP contribution in [0.1, 0.15) is 16.1 Å². The average Bonchev–Trinajstić information content (AvgIpc) is 2.78. The molecule has 4 N–H and O–H groups in total. The van der Waals surface area contributed by atoms with E-state index >= 15 is 0 Å². The number of rotatable bonds is 3. The number of nitrogens with zero attached hydrogens (tertiary/aromatic N) is 1. The number of carbonyl (C=O) groups is 1. The van der Waals surface area contributed by atoms with Crippen LogP contribution >= 0.6 is 0 Å². The normalized spacial score (nSPS) is 10.4. The Kier molecular flexibility index (Phi) is 2.80. The molecule has 17 heavy (non-hydrogen) atoms. The average molecular weight is 234 g/mol. The maximum Gasteiger partial charge on any atom is 0.353 e. The predicted molar refractivity (Wildman–Crippen MR) is 58.6 cm³/mol. The summed E-state index contributed by atoms with van der Waals surface area (Å²) in [5, 5.41) is 33.7. The van der Waals surface area contributed by atoms with Gasteiger partial charge in [0, 0.05) is 11.1 Å². The molecule has 0 atom stereocenters. The summed E-state index contributed by atoms with van der Waals surface area (Å²) in [5.74, 6) is -1.22. The van der Waals surface area contributed by atoms with E-state index in [0.717, 1.165) is 0 Å². The minimum Gasteiger partial charge on any atom is -0.507 e. The third kappa shape index (κ3) is 1.98. The van der Waals surface area contributed by atoms with Gasteiger partial charge in [-0.25, -0.2) is 4.79 Å². The number of aliphatic hydroxyl groups excluding tert-OH is 1. The molecular weight excluding hydrogens is 224 g/mol. The van der Waals surface area contributed by atoms with Crippen LogP contribution in [0.3, 0.4) is 0 Å². The number of H-pyrrole nitrogens is 1. The van der Waals surface area contributed by atoms with Crippen LogP contribution in [0.5, 0.6) is 5.75 Å². The van der Waals surface area contributed by atoms with E-state index in [0.29, 0.717) is 16.8 Å². The fourth-order valence-electron chi connectivity index (χ4n) is 1.49. The third-order valence-electron chi connectivity index (χ3n) is 2.37. The first-order chi connectivity index (χ1) is 8.13. The van der Waals surface area contributed by atoms with E-state index in [1.165, 1.54) is 6.07 Å². The van der Waals surface area contributed by atoms with Gasteiger partial charge in [-0.2, -0.15) is 5.10 Å². The highest BCUT2D eigenvalue weighted by molar-refractivity contribution is 5.87. The first-order valence-corrected chi connectivity index (χ1v) is 4.84. The van der Waals surface area contributed by atoms with Crippen LogP contribution < -0.4 is 0 Å². The molecule has 0 saturated heterocycles. The number of aliphatic hydroxyl groups is 1. The summed E-state index contributed by atoms with van der Waals surface area (Å²) in [6.45, 7) is -0.296. The lowest BCUT2D eigenvalue weighted by molar-refractivity contribution is 0.0690. The predicted octanol–water partition coefficient (Wildman–Crippen LogP) is 0.973. The molecule has 1 heterocycles. The lowest BCUT2D eigenvalue weighted by Gasteiger charge is -2.04. The second-order valence-electron chi connectivity index (χ2n) is 3.44. The molecule has 0 saturated carbocycles. The molecule has 1 aromatic carbocycles. The summed E-state index contributed by atoms with van der Waals surface area (Å²) in [6, 6.07) is 6.13. The maximum absolute atomic E-state index is 10.7. The number of carboxylic acids is 1. The van der Waals surface area contributed by atoms with Crippen molar-refractivity contribution < 1.29 is 20.1 Å². The van der Waals surface area contributed by atoms with Crippen LogP contribution in [-0.2, 0) is 6.61 Å². The molecule has 0 aliphatic rings. The molecule has 0 bridgehead atoms. The summed E-state index contributed by atoms with van der Waals surface area (Å²) in [6.07, 6.45) is 0. The molecule has 88 valence electrons. The quantitative estimate of drug-likeness (QED) is 0.633. The molecule has 6 heteroatoms. The van der Waals surface area contributed by atoms with Crippen LogP contribution in [-0.4, -0.2) is 31.5 Å². The van der Waals surface area contributed by atoms with Crippen molar-refractivity contribution in [2.45, 2.75) is 6.61 Å². The topological polar surface area (TPSA) is 106 Å². The summed E-state index contributed by atoms with van der Waals surface area (Å²) in [5.41, 5.74) is 0.992. The van der Waals surface area contributed by atoms with Gasteiger partial charge >= 0.3 is 5.97 Å². The van der Waals surface area contributed by atoms with Gasteiger partial charge in [0.25, 0.3) is 0 Å². The molecule has 0 aliphatic heterocycles. The number of hydrogen-bond acceptors (Lipinski definition) is 4. The van der Waals surface area contributed by atoms with Gasteiger partial charge in [-0.3, -0.25) is 5.10 Å². The van der Waals surface area contributed by atoms with Crippen molar-refractivity contribution in [2.75, 3.05) is 0 Å². The van der Waals surface area contributed by atoms with Gasteiger partial charge in [-0.05, 0) is 12.1 Å². The maximum atomic E-state index is 10.7. The van der Waals surface area contributed by atoms with Crippen molar-refractivity contribution in [2.24, 2.45) is 0 Å². The van der Waals surface area contributed by atoms with E-state index in [1.807, 2.05) is 0 Å². The van der Waals surface area contributed by atoms with E-state index in [2.05, 4.69) is 10.2 Å². The van der Waals surface area contributed by atoms with E-state index in [4.69, 9.17) is 10.2 Å². The van der Waals surface area contributed by atoms with Crippen LogP contribution in [0, 0.1) is 0 Å². The minimum absolute atomic E-state index is 0.0613. The summed E-state index contributed by atoms with van der Waals surface area (Å²) >= 11 is 0. The zero-order valence-corrected chi connectivity index (χ0v) is 8.71. The summed E-state index contributed by atoms with van der Waals surface area (Å²) in [4.78, 5) is 10.7. The largest absolute Gasteiger partial charge is 0.507 e. The van der Waals surface area contributed by atoms with Crippen LogP contribution in [0.2, 0.25) is 0 Å². The van der Waals surface area contributed by atoms with Crippen molar-refractivity contribution in [1.29, 1.82) is 0 Å². The molecule has 0 spiro atoms. The Morgan fingerprint density at radius 1 is 1.41 bits per heavy atom. The number of aromatic hydroxyl groups is 1. The summed E-state index contributed by atoms with van der Waals surface area (Å²) in [7, 11) is 0.